The molecule has 0 bridgehead atoms. The molecule has 0 unspecified atom stereocenters. The monoisotopic (exact) mass is 316 g/mol. The molecule has 2 rings (SSSR count). The van der Waals surface area contributed by atoms with E-state index >= 15 is 0 Å². The van der Waals surface area contributed by atoms with Crippen LogP contribution in [0.3, 0.4) is 0 Å². The van der Waals surface area contributed by atoms with Gasteiger partial charge in [-0.25, -0.2) is 0 Å². The van der Waals surface area contributed by atoms with Crippen LogP contribution in [0.5, 0.6) is 5.75 Å². The summed E-state index contributed by atoms with van der Waals surface area (Å²) in [5.41, 5.74) is 1.65. The Labute approximate surface area is 121 Å². The van der Waals surface area contributed by atoms with Gasteiger partial charge in [-0.05, 0) is 48.5 Å². The van der Waals surface area contributed by atoms with Crippen molar-refractivity contribution < 1.29 is 4.74 Å². The second kappa shape index (κ2) is 6.81. The molecule has 0 aromatic heterocycles. The van der Waals surface area contributed by atoms with E-state index in [4.69, 9.17) is 10.00 Å². The third-order valence-corrected chi connectivity index (χ3v) is 3.06. The van der Waals surface area contributed by atoms with E-state index in [0.717, 1.165) is 15.9 Å². The lowest BCUT2D eigenvalue weighted by Gasteiger charge is -2.08. The average Bonchev–Trinajstić information content (AvgIpc) is 2.46. The van der Waals surface area contributed by atoms with Crippen molar-refractivity contribution in [3.63, 3.8) is 0 Å². The summed E-state index contributed by atoms with van der Waals surface area (Å²) in [6.07, 6.45) is 0. The minimum Gasteiger partial charge on any atom is -0.492 e. The van der Waals surface area contributed by atoms with Crippen LogP contribution in [0.2, 0.25) is 0 Å². The fraction of sp³-hybridized carbons (Fsp3) is 0.133. The lowest BCUT2D eigenvalue weighted by molar-refractivity contribution is 0.333. The minimum absolute atomic E-state index is 0.585. The van der Waals surface area contributed by atoms with Crippen molar-refractivity contribution in [1.29, 1.82) is 5.26 Å². The van der Waals surface area contributed by atoms with Gasteiger partial charge in [0.05, 0.1) is 11.6 Å². The Morgan fingerprint density at radius 3 is 2.37 bits per heavy atom. The Bertz CT molecular complexity index is 558. The summed E-state index contributed by atoms with van der Waals surface area (Å²) in [4.78, 5) is 0. The van der Waals surface area contributed by atoms with E-state index < -0.39 is 0 Å². The summed E-state index contributed by atoms with van der Waals surface area (Å²) in [6, 6.07) is 17.2. The van der Waals surface area contributed by atoms with Gasteiger partial charge in [0.15, 0.2) is 0 Å². The SMILES string of the molecule is N#Cc1ccc(NCCOc2ccc(Br)cc2)cc1. The number of hydrogen-bond acceptors (Lipinski definition) is 3. The molecule has 3 nitrogen and oxygen atoms in total. The summed E-state index contributed by atoms with van der Waals surface area (Å²) in [7, 11) is 0. The molecule has 0 radical (unpaired) electrons. The van der Waals surface area contributed by atoms with Crippen molar-refractivity contribution in [3.8, 4) is 11.8 Å². The van der Waals surface area contributed by atoms with Gasteiger partial charge in [0.25, 0.3) is 0 Å². The first-order valence-corrected chi connectivity index (χ1v) is 6.69. The topological polar surface area (TPSA) is 45.0 Å². The quantitative estimate of drug-likeness (QED) is 0.853. The molecule has 96 valence electrons. The van der Waals surface area contributed by atoms with E-state index in [0.29, 0.717) is 18.7 Å². The molecule has 0 aliphatic carbocycles. The van der Waals surface area contributed by atoms with Gasteiger partial charge in [0, 0.05) is 16.7 Å². The van der Waals surface area contributed by atoms with Crippen LogP contribution in [0.15, 0.2) is 53.0 Å². The van der Waals surface area contributed by atoms with Gasteiger partial charge >= 0.3 is 0 Å². The van der Waals surface area contributed by atoms with Crippen LogP contribution >= 0.6 is 15.9 Å². The Balaban J connectivity index is 1.74. The molecule has 0 atom stereocenters. The zero-order chi connectivity index (χ0) is 13.5. The molecular formula is C15H13BrN2O. The molecule has 2 aromatic carbocycles. The van der Waals surface area contributed by atoms with E-state index in [2.05, 4.69) is 27.3 Å². The predicted octanol–water partition coefficient (Wildman–Crippen LogP) is 3.81. The number of nitriles is 1. The van der Waals surface area contributed by atoms with Crippen LogP contribution in [-0.2, 0) is 0 Å². The maximum Gasteiger partial charge on any atom is 0.119 e. The minimum atomic E-state index is 0.585. The molecular weight excluding hydrogens is 304 g/mol. The number of nitrogens with zero attached hydrogens (tertiary/aromatic N) is 1. The zero-order valence-electron chi connectivity index (χ0n) is 10.3. The highest BCUT2D eigenvalue weighted by Crippen LogP contribution is 2.16. The van der Waals surface area contributed by atoms with E-state index in [1.807, 2.05) is 36.4 Å². The third-order valence-electron chi connectivity index (χ3n) is 2.53. The molecule has 0 heterocycles. The lowest BCUT2D eigenvalue weighted by Crippen LogP contribution is -2.11. The normalized spacial score (nSPS) is 9.68. The van der Waals surface area contributed by atoms with Crippen molar-refractivity contribution in [1.82, 2.24) is 0 Å². The van der Waals surface area contributed by atoms with Gasteiger partial charge in [0.1, 0.15) is 12.4 Å². The maximum atomic E-state index is 8.69. The fourth-order valence-corrected chi connectivity index (χ4v) is 1.82. The number of anilines is 1. The van der Waals surface area contributed by atoms with E-state index in [1.165, 1.54) is 0 Å². The van der Waals surface area contributed by atoms with Crippen LogP contribution in [0.1, 0.15) is 5.56 Å². The Kier molecular flexibility index (Phi) is 4.82. The van der Waals surface area contributed by atoms with Crippen LogP contribution in [0.25, 0.3) is 0 Å². The zero-order valence-corrected chi connectivity index (χ0v) is 11.9. The first-order chi connectivity index (χ1) is 9.28. The molecule has 0 amide bonds. The van der Waals surface area contributed by atoms with E-state index in [9.17, 15) is 0 Å². The molecule has 0 aliphatic heterocycles. The Morgan fingerprint density at radius 1 is 1.05 bits per heavy atom. The molecule has 2 aromatic rings. The van der Waals surface area contributed by atoms with Crippen molar-refractivity contribution in [3.05, 3.63) is 58.6 Å². The standard InChI is InChI=1S/C15H13BrN2O/c16-13-3-7-15(8-4-13)19-10-9-18-14-5-1-12(11-17)2-6-14/h1-8,18H,9-10H2. The van der Waals surface area contributed by atoms with E-state index in [1.54, 1.807) is 12.1 Å². The number of ether oxygens (including phenoxy) is 1. The molecule has 0 aliphatic rings. The van der Waals surface area contributed by atoms with Gasteiger partial charge in [-0.15, -0.1) is 0 Å². The number of halogens is 1. The largest absolute Gasteiger partial charge is 0.492 e. The van der Waals surface area contributed by atoms with Crippen molar-refractivity contribution in [2.45, 2.75) is 0 Å². The summed E-state index contributed by atoms with van der Waals surface area (Å²) >= 11 is 3.38. The maximum absolute atomic E-state index is 8.69. The van der Waals surface area contributed by atoms with Gasteiger partial charge in [-0.2, -0.15) is 5.26 Å². The van der Waals surface area contributed by atoms with Gasteiger partial charge < -0.3 is 10.1 Å². The number of hydrogen-bond donors (Lipinski definition) is 1. The van der Waals surface area contributed by atoms with Crippen LogP contribution < -0.4 is 10.1 Å². The average molecular weight is 317 g/mol. The van der Waals surface area contributed by atoms with Crippen LogP contribution in [0.4, 0.5) is 5.69 Å². The Hall–Kier alpha value is -1.99. The fourth-order valence-electron chi connectivity index (χ4n) is 1.56. The lowest BCUT2D eigenvalue weighted by atomic mass is 10.2. The molecule has 0 saturated carbocycles. The summed E-state index contributed by atoms with van der Waals surface area (Å²) in [5.74, 6) is 0.852. The third kappa shape index (κ3) is 4.31. The van der Waals surface area contributed by atoms with Crippen molar-refractivity contribution >= 4 is 21.6 Å². The highest BCUT2D eigenvalue weighted by Gasteiger charge is 1.95. The second-order valence-electron chi connectivity index (χ2n) is 3.92. The molecule has 1 N–H and O–H groups in total. The first-order valence-electron chi connectivity index (χ1n) is 5.90. The smallest absolute Gasteiger partial charge is 0.119 e. The van der Waals surface area contributed by atoms with Gasteiger partial charge in [-0.3, -0.25) is 0 Å². The molecule has 4 heteroatoms. The summed E-state index contributed by atoms with van der Waals surface area (Å²) in [6.45, 7) is 1.30. The molecule has 0 fully saturated rings. The van der Waals surface area contributed by atoms with Gasteiger partial charge in [-0.1, -0.05) is 15.9 Å². The second-order valence-corrected chi connectivity index (χ2v) is 4.83. The number of rotatable bonds is 5. The highest BCUT2D eigenvalue weighted by molar-refractivity contribution is 9.10. The summed E-state index contributed by atoms with van der Waals surface area (Å²) < 4.78 is 6.63. The predicted molar refractivity (Wildman–Crippen MR) is 79.3 cm³/mol. The molecule has 19 heavy (non-hydrogen) atoms. The van der Waals surface area contributed by atoms with Crippen molar-refractivity contribution in [2.75, 3.05) is 18.5 Å². The molecule has 0 spiro atoms. The highest BCUT2D eigenvalue weighted by atomic mass is 79.9. The number of nitrogens with one attached hydrogen (secondary N) is 1. The van der Waals surface area contributed by atoms with Gasteiger partial charge in [0.2, 0.25) is 0 Å². The number of benzene rings is 2. The summed E-state index contributed by atoms with van der Waals surface area (Å²) in [5, 5.41) is 11.9. The Morgan fingerprint density at radius 2 is 1.74 bits per heavy atom. The van der Waals surface area contributed by atoms with Crippen LogP contribution in [0, 0.1) is 11.3 Å². The molecule has 0 saturated heterocycles. The van der Waals surface area contributed by atoms with E-state index in [-0.39, 0.29) is 0 Å². The first kappa shape index (κ1) is 13.4. The van der Waals surface area contributed by atoms with Crippen molar-refractivity contribution in [2.24, 2.45) is 0 Å². The van der Waals surface area contributed by atoms with Crippen LogP contribution in [-0.4, -0.2) is 13.2 Å².